The van der Waals surface area contributed by atoms with E-state index in [-0.39, 0.29) is 17.2 Å². The summed E-state index contributed by atoms with van der Waals surface area (Å²) in [6, 6.07) is 11.5. The number of hydrogen-bond donors (Lipinski definition) is 2. The standard InChI is InChI=1S/C23H26N4O5S/c1-14(2)12-24-22(30)26-20(28)13-33-23-25-17-8-6-5-7-16(17)21(29)27(23)15-9-10-18(31-3)19(11-15)32-4/h5-11,14H,12-13H2,1-4H3,(H2,24,26,28,30). The van der Waals surface area contributed by atoms with Gasteiger partial charge in [-0.05, 0) is 30.2 Å². The second kappa shape index (κ2) is 10.9. The maximum absolute atomic E-state index is 13.3. The minimum Gasteiger partial charge on any atom is -0.493 e. The molecule has 0 atom stereocenters. The van der Waals surface area contributed by atoms with Gasteiger partial charge in [0.25, 0.3) is 5.56 Å². The Morgan fingerprint density at radius 3 is 2.52 bits per heavy atom. The Kier molecular flexibility index (Phi) is 7.94. The quantitative estimate of drug-likeness (QED) is 0.385. The van der Waals surface area contributed by atoms with Gasteiger partial charge in [-0.15, -0.1) is 0 Å². The average Bonchev–Trinajstić information content (AvgIpc) is 2.81. The molecular formula is C23H26N4O5S. The Balaban J connectivity index is 1.94. The first-order valence-electron chi connectivity index (χ1n) is 10.3. The van der Waals surface area contributed by atoms with Gasteiger partial charge in [0.1, 0.15) is 0 Å². The fourth-order valence-electron chi connectivity index (χ4n) is 3.03. The van der Waals surface area contributed by atoms with Crippen molar-refractivity contribution < 1.29 is 19.1 Å². The summed E-state index contributed by atoms with van der Waals surface area (Å²) in [6.45, 7) is 4.37. The number of rotatable bonds is 8. The van der Waals surface area contributed by atoms with Gasteiger partial charge < -0.3 is 14.8 Å². The number of ether oxygens (including phenoxy) is 2. The van der Waals surface area contributed by atoms with Crippen LogP contribution in [0.1, 0.15) is 13.8 Å². The van der Waals surface area contributed by atoms with Crippen molar-refractivity contribution >= 4 is 34.6 Å². The van der Waals surface area contributed by atoms with E-state index < -0.39 is 11.9 Å². The van der Waals surface area contributed by atoms with Crippen LogP contribution in [0.15, 0.2) is 52.4 Å². The van der Waals surface area contributed by atoms with Crippen molar-refractivity contribution in [1.82, 2.24) is 20.2 Å². The molecule has 2 N–H and O–H groups in total. The minimum atomic E-state index is -0.557. The Morgan fingerprint density at radius 1 is 1.09 bits per heavy atom. The van der Waals surface area contributed by atoms with Crippen molar-refractivity contribution in [3.8, 4) is 17.2 Å². The summed E-state index contributed by atoms with van der Waals surface area (Å²) >= 11 is 1.06. The first kappa shape index (κ1) is 24.1. The summed E-state index contributed by atoms with van der Waals surface area (Å²) in [6.07, 6.45) is 0. The summed E-state index contributed by atoms with van der Waals surface area (Å²) in [5.74, 6) is 0.628. The van der Waals surface area contributed by atoms with Crippen LogP contribution >= 0.6 is 11.8 Å². The van der Waals surface area contributed by atoms with Gasteiger partial charge in [-0.3, -0.25) is 19.5 Å². The van der Waals surface area contributed by atoms with Crippen molar-refractivity contribution in [2.45, 2.75) is 19.0 Å². The lowest BCUT2D eigenvalue weighted by Crippen LogP contribution is -2.41. The van der Waals surface area contributed by atoms with E-state index in [1.807, 2.05) is 13.8 Å². The topological polar surface area (TPSA) is 112 Å². The van der Waals surface area contributed by atoms with Crippen molar-refractivity contribution in [2.75, 3.05) is 26.5 Å². The molecule has 0 bridgehead atoms. The average molecular weight is 471 g/mol. The molecule has 3 rings (SSSR count). The van der Waals surface area contributed by atoms with Crippen LogP contribution in [0.25, 0.3) is 16.6 Å². The Labute approximate surface area is 195 Å². The highest BCUT2D eigenvalue weighted by molar-refractivity contribution is 7.99. The lowest BCUT2D eigenvalue weighted by Gasteiger charge is -2.15. The predicted molar refractivity (Wildman–Crippen MR) is 128 cm³/mol. The number of aromatic nitrogens is 2. The number of nitrogens with one attached hydrogen (secondary N) is 2. The number of amides is 3. The van der Waals surface area contributed by atoms with E-state index in [2.05, 4.69) is 15.6 Å². The third-order valence-corrected chi connectivity index (χ3v) is 5.57. The molecule has 9 nitrogen and oxygen atoms in total. The van der Waals surface area contributed by atoms with E-state index in [9.17, 15) is 14.4 Å². The van der Waals surface area contributed by atoms with Crippen LogP contribution < -0.4 is 25.7 Å². The number of thioether (sulfide) groups is 1. The van der Waals surface area contributed by atoms with Crippen molar-refractivity contribution in [2.24, 2.45) is 5.92 Å². The summed E-state index contributed by atoms with van der Waals surface area (Å²) in [4.78, 5) is 42.1. The molecule has 10 heteroatoms. The zero-order valence-corrected chi connectivity index (χ0v) is 19.7. The molecule has 33 heavy (non-hydrogen) atoms. The van der Waals surface area contributed by atoms with E-state index in [1.165, 1.54) is 18.8 Å². The molecule has 0 saturated heterocycles. The molecule has 0 fully saturated rings. The van der Waals surface area contributed by atoms with E-state index in [1.54, 1.807) is 42.5 Å². The number of nitrogens with zero attached hydrogens (tertiary/aromatic N) is 2. The van der Waals surface area contributed by atoms with Gasteiger partial charge in [0.2, 0.25) is 5.91 Å². The largest absolute Gasteiger partial charge is 0.493 e. The van der Waals surface area contributed by atoms with Crippen LogP contribution in [0.2, 0.25) is 0 Å². The second-order valence-corrected chi connectivity index (χ2v) is 8.47. The number of para-hydroxylation sites is 1. The highest BCUT2D eigenvalue weighted by Crippen LogP contribution is 2.30. The Bertz CT molecular complexity index is 1230. The molecule has 174 valence electrons. The normalized spacial score (nSPS) is 10.8. The fourth-order valence-corrected chi connectivity index (χ4v) is 3.85. The van der Waals surface area contributed by atoms with Crippen LogP contribution in [0, 0.1) is 5.92 Å². The molecule has 0 unspecified atom stereocenters. The predicted octanol–water partition coefficient (Wildman–Crippen LogP) is 2.98. The third kappa shape index (κ3) is 5.83. The smallest absolute Gasteiger partial charge is 0.321 e. The van der Waals surface area contributed by atoms with Crippen molar-refractivity contribution in [3.05, 3.63) is 52.8 Å². The monoisotopic (exact) mass is 470 g/mol. The number of urea groups is 1. The maximum Gasteiger partial charge on any atom is 0.321 e. The highest BCUT2D eigenvalue weighted by atomic mass is 32.2. The molecule has 1 aromatic heterocycles. The van der Waals surface area contributed by atoms with Gasteiger partial charge >= 0.3 is 6.03 Å². The molecule has 0 saturated carbocycles. The minimum absolute atomic E-state index is 0.104. The molecule has 0 aliphatic rings. The number of hydrogen-bond acceptors (Lipinski definition) is 7. The number of carbonyl (C=O) groups is 2. The second-order valence-electron chi connectivity index (χ2n) is 7.53. The van der Waals surface area contributed by atoms with Gasteiger partial charge in [0, 0.05) is 12.6 Å². The molecule has 0 aliphatic carbocycles. The summed E-state index contributed by atoms with van der Waals surface area (Å²) in [5.41, 5.74) is 0.732. The van der Waals surface area contributed by atoms with Gasteiger partial charge in [-0.2, -0.15) is 0 Å². The first-order chi connectivity index (χ1) is 15.8. The third-order valence-electron chi connectivity index (χ3n) is 4.63. The lowest BCUT2D eigenvalue weighted by molar-refractivity contribution is -0.117. The molecule has 3 amide bonds. The van der Waals surface area contributed by atoms with E-state index >= 15 is 0 Å². The van der Waals surface area contributed by atoms with Gasteiger partial charge in [0.15, 0.2) is 16.7 Å². The SMILES string of the molecule is COc1ccc(-n2c(SCC(=O)NC(=O)NCC(C)C)nc3ccccc3c2=O)cc1OC. The number of imide groups is 1. The van der Waals surface area contributed by atoms with Gasteiger partial charge in [0.05, 0.1) is 36.6 Å². The van der Waals surface area contributed by atoms with Crippen LogP contribution in [0.3, 0.4) is 0 Å². The van der Waals surface area contributed by atoms with E-state index in [0.29, 0.717) is 39.8 Å². The number of fused-ring (bicyclic) bond motifs is 1. The molecule has 0 spiro atoms. The Hall–Kier alpha value is -3.53. The van der Waals surface area contributed by atoms with Crippen LogP contribution in [-0.2, 0) is 4.79 Å². The van der Waals surface area contributed by atoms with Crippen LogP contribution in [-0.4, -0.2) is 48.0 Å². The highest BCUT2D eigenvalue weighted by Gasteiger charge is 2.17. The van der Waals surface area contributed by atoms with Gasteiger partial charge in [-0.1, -0.05) is 37.7 Å². The molecule has 3 aromatic rings. The number of carbonyl (C=O) groups excluding carboxylic acids is 2. The summed E-state index contributed by atoms with van der Waals surface area (Å²) in [7, 11) is 3.03. The van der Waals surface area contributed by atoms with E-state index in [0.717, 1.165) is 11.8 Å². The summed E-state index contributed by atoms with van der Waals surface area (Å²) in [5, 5.41) is 5.66. The summed E-state index contributed by atoms with van der Waals surface area (Å²) < 4.78 is 12.1. The zero-order chi connectivity index (χ0) is 24.0. The van der Waals surface area contributed by atoms with Crippen LogP contribution in [0.5, 0.6) is 11.5 Å². The lowest BCUT2D eigenvalue weighted by atomic mass is 10.2. The number of methoxy groups -OCH3 is 2. The first-order valence-corrected chi connectivity index (χ1v) is 11.3. The molecule has 0 aliphatic heterocycles. The van der Waals surface area contributed by atoms with E-state index in [4.69, 9.17) is 9.47 Å². The number of benzene rings is 2. The Morgan fingerprint density at radius 2 is 1.82 bits per heavy atom. The fraction of sp³-hybridized carbons (Fsp3) is 0.304. The van der Waals surface area contributed by atoms with Crippen molar-refractivity contribution in [3.63, 3.8) is 0 Å². The molecule has 0 radical (unpaired) electrons. The van der Waals surface area contributed by atoms with Crippen molar-refractivity contribution in [1.29, 1.82) is 0 Å². The van der Waals surface area contributed by atoms with Gasteiger partial charge in [-0.25, -0.2) is 9.78 Å². The molecule has 2 aromatic carbocycles. The molecular weight excluding hydrogens is 444 g/mol. The maximum atomic E-state index is 13.3. The zero-order valence-electron chi connectivity index (χ0n) is 18.9. The van der Waals surface area contributed by atoms with Crippen LogP contribution in [0.4, 0.5) is 4.79 Å². The molecule has 1 heterocycles.